The number of piperidine rings is 6. The molecule has 800 valence electrons. The van der Waals surface area contributed by atoms with E-state index in [4.69, 9.17) is 24.7 Å². The molecule has 29 nitrogen and oxygen atoms in total. The minimum absolute atomic E-state index is 0.0369. The normalized spacial score (nSPS) is 23.6. The summed E-state index contributed by atoms with van der Waals surface area (Å²) in [5.74, 6) is 3.75. The highest BCUT2D eigenvalue weighted by molar-refractivity contribution is 7.91. The molecule has 0 aromatic carbocycles. The first kappa shape index (κ1) is 121. The average Bonchev–Trinajstić information content (AvgIpc) is 0.966. The molecule has 0 aliphatic carbocycles. The van der Waals surface area contributed by atoms with Crippen molar-refractivity contribution < 1.29 is 56.2 Å². The molecular formula is C109H201N17O12S. The number of rotatable bonds is 19. The SMILES string of the molecule is CC(C)(C)CC(=O)N1CCC(N2CC(C#N)C2)CC1.CC(C)(C)CC(=O)N1CCC(N2CCS(=O)(=O)CC2)CC1.CC(C)(C)CC(=O)N1CCC(NCCCC#N)CC1.CC(C)(C)CC(=O)N1CCN(CC2CCOCC2)CC1.CN(C1CCN(C(=O)CC(C)(C)C)CC1)[C@@H]1CCOC1.CN1CCN(C2CCN(C(=O)CC(C)(C)C)CC2)CC1.C[C@H]1COCCN1C1CCN(C(=O)CC(C)(C)C)CC1. The van der Waals surface area contributed by atoms with Crippen molar-refractivity contribution in [3.63, 3.8) is 0 Å². The highest BCUT2D eigenvalue weighted by Crippen LogP contribution is 2.34. The van der Waals surface area contributed by atoms with E-state index < -0.39 is 9.84 Å². The van der Waals surface area contributed by atoms with E-state index in [1.54, 1.807) is 0 Å². The van der Waals surface area contributed by atoms with Crippen LogP contribution in [0.1, 0.15) is 306 Å². The molecule has 0 unspecified atom stereocenters. The van der Waals surface area contributed by atoms with Crippen LogP contribution in [0.2, 0.25) is 0 Å². The Hall–Kier alpha value is -5.22. The predicted octanol–water partition coefficient (Wildman–Crippen LogP) is 13.2. The Labute approximate surface area is 845 Å². The van der Waals surface area contributed by atoms with E-state index in [-0.39, 0.29) is 67.1 Å². The van der Waals surface area contributed by atoms with Gasteiger partial charge in [0.15, 0.2) is 9.84 Å². The molecule has 0 spiro atoms. The molecule has 7 amide bonds. The van der Waals surface area contributed by atoms with Crippen LogP contribution in [0.5, 0.6) is 0 Å². The van der Waals surface area contributed by atoms with Crippen LogP contribution in [0.4, 0.5) is 0 Å². The molecule has 13 heterocycles. The van der Waals surface area contributed by atoms with Gasteiger partial charge in [-0.05, 0) is 174 Å². The van der Waals surface area contributed by atoms with Crippen LogP contribution in [0, 0.1) is 72.4 Å². The van der Waals surface area contributed by atoms with Crippen LogP contribution in [0.15, 0.2) is 0 Å². The Morgan fingerprint density at radius 2 is 0.698 bits per heavy atom. The maximum atomic E-state index is 12.3. The smallest absolute Gasteiger partial charge is 0.223 e. The van der Waals surface area contributed by atoms with Gasteiger partial charge in [-0.15, -0.1) is 0 Å². The monoisotopic (exact) mass is 1970 g/mol. The molecule has 13 aliphatic rings. The van der Waals surface area contributed by atoms with Gasteiger partial charge < -0.3 is 58.7 Å². The number of likely N-dealkylation sites (N-methyl/N-ethyl adjacent to an activating group) is 2. The second kappa shape index (κ2) is 57.2. The number of carbonyl (C=O) groups excluding carboxylic acids is 7. The molecule has 0 radical (unpaired) electrons. The zero-order valence-corrected chi connectivity index (χ0v) is 93.3. The molecule has 13 aliphatic heterocycles. The second-order valence-corrected chi connectivity index (χ2v) is 53.8. The lowest BCUT2D eigenvalue weighted by atomic mass is 9.90. The number of nitrogens with zero attached hydrogens (tertiary/aromatic N) is 16. The van der Waals surface area contributed by atoms with Crippen LogP contribution < -0.4 is 5.32 Å². The van der Waals surface area contributed by atoms with E-state index in [0.29, 0.717) is 142 Å². The quantitative estimate of drug-likeness (QED) is 0.118. The Morgan fingerprint density at radius 1 is 0.367 bits per heavy atom. The minimum Gasteiger partial charge on any atom is -0.381 e. The number of unbranched alkanes of at least 4 members (excludes halogenated alkanes) is 1. The molecule has 1 N–H and O–H groups in total. The number of ether oxygens (including phenoxy) is 3. The third kappa shape index (κ3) is 47.0. The van der Waals surface area contributed by atoms with E-state index in [1.165, 1.54) is 45.6 Å². The van der Waals surface area contributed by atoms with Crippen molar-refractivity contribution >= 4 is 51.2 Å². The summed E-state index contributed by atoms with van der Waals surface area (Å²) in [6.07, 6.45) is 22.4. The zero-order chi connectivity index (χ0) is 103. The molecule has 13 saturated heterocycles. The molecule has 13 rings (SSSR count). The van der Waals surface area contributed by atoms with Crippen molar-refractivity contribution in [3.05, 3.63) is 0 Å². The summed E-state index contributed by atoms with van der Waals surface area (Å²) >= 11 is 0. The zero-order valence-electron chi connectivity index (χ0n) is 92.5. The standard InChI is InChI=1S/C16H31N3O.3C16H30N2O2.C15H25N3O.C15H27N3O.C15H28N2O3S/c1-16(2,3)13-15(20)19-7-5-14(6-8-19)18-11-9-17(4)10-12-18;1-16(2,3)12-15(19)18-8-6-17(7-9-18)13-14-4-10-20-11-5-14;1-16(2,3)11-15(19)18-8-5-13(6-9-18)17(4)14-7-10-20-12-14;1-13-12-20-10-9-18(13)14-5-7-17(8-6-14)15(19)11-16(2,3)4;1-15(2,3)8-14(19)17-6-4-13(5-7-17)18-10-12(9-16)11-18;1-15(2,3)12-14(19)18-10-6-13(7-11-18)17-9-5-4-8-16;1-15(2,3)12-14(18)17-6-4-13(5-7-17)16-8-10-21(19,20)11-9-16/h14H,5-13H2,1-4H3;14H,4-13H2,1-3H3;2*13-14H,5-12H2,1-4H3;12-13H,4-8,10-11H2,1-3H3;13,17H,4-7,9-12H2,1-3H3;13H,4-12H2,1-3H3/t;;14-;13-;;;/m..10.../s1. The van der Waals surface area contributed by atoms with Gasteiger partial charge in [-0.2, -0.15) is 10.5 Å². The lowest BCUT2D eigenvalue weighted by Gasteiger charge is -2.45. The Morgan fingerprint density at radius 3 is 1.04 bits per heavy atom. The molecule has 2 atom stereocenters. The van der Waals surface area contributed by atoms with Crippen molar-refractivity contribution in [1.82, 2.24) is 73.9 Å². The highest BCUT2D eigenvalue weighted by Gasteiger charge is 2.40. The van der Waals surface area contributed by atoms with Crippen LogP contribution in [0.3, 0.4) is 0 Å². The Kier molecular flexibility index (Phi) is 49.7. The number of nitrogens with one attached hydrogen (secondary N) is 1. The fourth-order valence-corrected chi connectivity index (χ4v) is 22.5. The van der Waals surface area contributed by atoms with Gasteiger partial charge in [0.25, 0.3) is 0 Å². The van der Waals surface area contributed by atoms with Gasteiger partial charge in [-0.25, -0.2) is 8.42 Å². The molecule has 13 fully saturated rings. The van der Waals surface area contributed by atoms with E-state index in [0.717, 1.165) is 266 Å². The first-order valence-electron chi connectivity index (χ1n) is 54.5. The van der Waals surface area contributed by atoms with Crippen LogP contribution >= 0.6 is 0 Å². The molecule has 0 saturated carbocycles. The largest absolute Gasteiger partial charge is 0.381 e. The Balaban J connectivity index is 0.000000221. The molecule has 139 heavy (non-hydrogen) atoms. The number of piperazine rings is 2. The van der Waals surface area contributed by atoms with Gasteiger partial charge in [-0.1, -0.05) is 145 Å². The second-order valence-electron chi connectivity index (χ2n) is 51.5. The van der Waals surface area contributed by atoms with E-state index in [9.17, 15) is 42.0 Å². The first-order valence-corrected chi connectivity index (χ1v) is 56.3. The van der Waals surface area contributed by atoms with Gasteiger partial charge in [-0.3, -0.25) is 63.0 Å². The summed E-state index contributed by atoms with van der Waals surface area (Å²) in [5.41, 5.74) is 0.560. The predicted molar refractivity (Wildman–Crippen MR) is 559 cm³/mol. The van der Waals surface area contributed by atoms with E-state index in [1.807, 2.05) is 19.6 Å². The average molecular weight is 1970 g/mol. The van der Waals surface area contributed by atoms with Crippen molar-refractivity contribution in [2.45, 2.75) is 355 Å². The molecule has 0 aromatic rings. The number of likely N-dealkylation sites (tertiary alicyclic amines) is 7. The van der Waals surface area contributed by atoms with E-state index >= 15 is 0 Å². The third-order valence-electron chi connectivity index (χ3n) is 29.7. The number of amides is 7. The lowest BCUT2D eigenvalue weighted by Crippen LogP contribution is -2.55. The summed E-state index contributed by atoms with van der Waals surface area (Å²) in [7, 11) is 1.61. The van der Waals surface area contributed by atoms with Crippen molar-refractivity contribution in [3.8, 4) is 12.1 Å². The summed E-state index contributed by atoms with van der Waals surface area (Å²) < 4.78 is 39.3. The summed E-state index contributed by atoms with van der Waals surface area (Å²) in [6, 6.07) is 9.05. The topological polar surface area (TPSA) is 286 Å². The molecule has 0 aromatic heterocycles. The number of carbonyl (C=O) groups is 7. The number of nitriles is 2. The van der Waals surface area contributed by atoms with Crippen molar-refractivity contribution in [2.24, 2.45) is 49.7 Å². The van der Waals surface area contributed by atoms with Gasteiger partial charge in [0.1, 0.15) is 0 Å². The van der Waals surface area contributed by atoms with Gasteiger partial charge in [0, 0.05) is 290 Å². The molecular weight excluding hydrogens is 1770 g/mol. The fourth-order valence-electron chi connectivity index (χ4n) is 21.2. The summed E-state index contributed by atoms with van der Waals surface area (Å²) in [4.78, 5) is 117. The van der Waals surface area contributed by atoms with Crippen LogP contribution in [0.25, 0.3) is 0 Å². The van der Waals surface area contributed by atoms with Crippen LogP contribution in [-0.4, -0.2) is 409 Å². The first-order chi connectivity index (χ1) is 65.0. The molecule has 30 heteroatoms. The van der Waals surface area contributed by atoms with Crippen molar-refractivity contribution in [1.29, 1.82) is 10.5 Å². The van der Waals surface area contributed by atoms with E-state index in [2.05, 4.69) is 233 Å². The number of morpholine rings is 1. The van der Waals surface area contributed by atoms with Gasteiger partial charge in [0.2, 0.25) is 41.4 Å². The number of hydrogen-bond donors (Lipinski definition) is 1. The summed E-state index contributed by atoms with van der Waals surface area (Å²) in [6.45, 7) is 77.7. The summed E-state index contributed by atoms with van der Waals surface area (Å²) in [5, 5.41) is 20.7. The molecule has 0 bridgehead atoms. The van der Waals surface area contributed by atoms with Crippen LogP contribution in [-0.2, 0) is 57.6 Å². The number of hydrogen-bond acceptors (Lipinski definition) is 22. The Bertz CT molecular complexity index is 3810. The van der Waals surface area contributed by atoms with Crippen molar-refractivity contribution in [2.75, 3.05) is 242 Å². The minimum atomic E-state index is -2.81. The third-order valence-corrected chi connectivity index (χ3v) is 31.3. The highest BCUT2D eigenvalue weighted by atomic mass is 32.2. The maximum absolute atomic E-state index is 12.3. The maximum Gasteiger partial charge on any atom is 0.223 e. The van der Waals surface area contributed by atoms with Gasteiger partial charge in [0.05, 0.1) is 49.4 Å². The number of sulfone groups is 1. The fraction of sp³-hybridized carbons (Fsp3) is 0.917. The lowest BCUT2D eigenvalue weighted by molar-refractivity contribution is -0.136. The van der Waals surface area contributed by atoms with Gasteiger partial charge >= 0.3 is 0 Å².